The summed E-state index contributed by atoms with van der Waals surface area (Å²) >= 11 is 0. The molecule has 0 amide bonds. The van der Waals surface area contributed by atoms with Crippen LogP contribution in [0.1, 0.15) is 32.2 Å². The Kier molecular flexibility index (Phi) is 5.54. The molecule has 0 aliphatic heterocycles. The van der Waals surface area contributed by atoms with E-state index in [2.05, 4.69) is 29.1 Å². The van der Waals surface area contributed by atoms with Crippen molar-refractivity contribution in [3.05, 3.63) is 47.7 Å². The van der Waals surface area contributed by atoms with Crippen LogP contribution in [-0.4, -0.2) is 16.0 Å². The topological polar surface area (TPSA) is 37.8 Å². The predicted octanol–water partition coefficient (Wildman–Crippen LogP) is 4.44. The molecule has 0 saturated heterocycles. The zero-order valence-corrected chi connectivity index (χ0v) is 13.7. The van der Waals surface area contributed by atoms with Crippen molar-refractivity contribution in [1.82, 2.24) is 15.3 Å². The van der Waals surface area contributed by atoms with Gasteiger partial charge in [-0.2, -0.15) is 13.2 Å². The molecule has 0 aliphatic carbocycles. The fourth-order valence-corrected chi connectivity index (χ4v) is 1.99. The van der Waals surface area contributed by atoms with Crippen molar-refractivity contribution in [3.8, 4) is 11.3 Å². The normalized spacial score (nSPS) is 13.3. The van der Waals surface area contributed by atoms with E-state index in [0.29, 0.717) is 18.2 Å². The zero-order valence-electron chi connectivity index (χ0n) is 13.7. The summed E-state index contributed by atoms with van der Waals surface area (Å²) in [7, 11) is 0. The van der Waals surface area contributed by atoms with Gasteiger partial charge in [0.2, 0.25) is 0 Å². The maximum atomic E-state index is 14.0. The third kappa shape index (κ3) is 4.50. The number of nitrogens with one attached hydrogen (secondary N) is 1. The lowest BCUT2D eigenvalue weighted by Crippen LogP contribution is -2.30. The molecule has 2 heterocycles. The van der Waals surface area contributed by atoms with Crippen LogP contribution in [0.15, 0.2) is 30.5 Å². The Morgan fingerprint density at radius 1 is 1.08 bits per heavy atom. The van der Waals surface area contributed by atoms with Crippen molar-refractivity contribution < 1.29 is 17.6 Å². The minimum atomic E-state index is -4.52. The van der Waals surface area contributed by atoms with E-state index < -0.39 is 17.7 Å². The molecular weight excluding hydrogens is 322 g/mol. The van der Waals surface area contributed by atoms with Crippen LogP contribution in [0.2, 0.25) is 0 Å². The molecule has 1 atom stereocenters. The Labute approximate surface area is 138 Å². The number of rotatable bonds is 5. The zero-order chi connectivity index (χ0) is 17.9. The van der Waals surface area contributed by atoms with Crippen molar-refractivity contribution in [3.63, 3.8) is 0 Å². The van der Waals surface area contributed by atoms with Crippen LogP contribution in [0.3, 0.4) is 0 Å². The highest BCUT2D eigenvalue weighted by Crippen LogP contribution is 2.29. The van der Waals surface area contributed by atoms with E-state index in [9.17, 15) is 17.6 Å². The molecule has 130 valence electrons. The second-order valence-electron chi connectivity index (χ2n) is 5.98. The van der Waals surface area contributed by atoms with Gasteiger partial charge in [-0.05, 0) is 37.1 Å². The van der Waals surface area contributed by atoms with E-state index in [1.807, 2.05) is 6.92 Å². The summed E-state index contributed by atoms with van der Waals surface area (Å²) in [5.41, 5.74) is -0.207. The first-order valence-corrected chi connectivity index (χ1v) is 7.61. The van der Waals surface area contributed by atoms with E-state index >= 15 is 0 Å². The third-order valence-corrected chi connectivity index (χ3v) is 3.84. The molecule has 2 rings (SSSR count). The maximum absolute atomic E-state index is 14.0. The monoisotopic (exact) mass is 341 g/mol. The van der Waals surface area contributed by atoms with E-state index in [0.717, 1.165) is 12.3 Å². The molecule has 0 radical (unpaired) electrons. The fraction of sp³-hybridized carbons (Fsp3) is 0.412. The van der Waals surface area contributed by atoms with Gasteiger partial charge in [0.25, 0.3) is 0 Å². The average molecular weight is 341 g/mol. The molecule has 0 fully saturated rings. The third-order valence-electron chi connectivity index (χ3n) is 3.84. The quantitative estimate of drug-likeness (QED) is 0.817. The summed E-state index contributed by atoms with van der Waals surface area (Å²) in [6.07, 6.45) is -3.54. The number of nitrogens with zero attached hydrogens (tertiary/aromatic N) is 2. The second-order valence-corrected chi connectivity index (χ2v) is 5.98. The van der Waals surface area contributed by atoms with E-state index in [1.165, 1.54) is 12.1 Å². The first-order valence-electron chi connectivity index (χ1n) is 7.61. The number of hydrogen-bond acceptors (Lipinski definition) is 3. The fourth-order valence-electron chi connectivity index (χ4n) is 1.99. The van der Waals surface area contributed by atoms with Gasteiger partial charge in [0.15, 0.2) is 0 Å². The lowest BCUT2D eigenvalue weighted by molar-refractivity contribution is -0.141. The van der Waals surface area contributed by atoms with Crippen LogP contribution in [0.4, 0.5) is 17.6 Å². The maximum Gasteiger partial charge on any atom is 0.433 e. The predicted molar refractivity (Wildman–Crippen MR) is 83.6 cm³/mol. The number of aromatic nitrogens is 2. The van der Waals surface area contributed by atoms with Crippen LogP contribution in [0, 0.1) is 11.7 Å². The molecule has 0 aliphatic rings. The van der Waals surface area contributed by atoms with Crippen LogP contribution in [0.5, 0.6) is 0 Å². The largest absolute Gasteiger partial charge is 0.433 e. The molecule has 0 bridgehead atoms. The van der Waals surface area contributed by atoms with Gasteiger partial charge in [0.1, 0.15) is 17.2 Å². The smallest absolute Gasteiger partial charge is 0.308 e. The molecule has 7 heteroatoms. The SMILES string of the molecule is CC(C)[C@@H](C)NCc1ccc(F)c(-c2ccc(C(F)(F)F)nc2)n1. The Hall–Kier alpha value is -2.02. The van der Waals surface area contributed by atoms with Gasteiger partial charge in [-0.3, -0.25) is 4.98 Å². The standard InChI is InChI=1S/C17H19F4N3/c1-10(2)11(3)22-9-13-5-6-14(18)16(24-13)12-4-7-15(23-8-12)17(19,20)21/h4-8,10-11,22H,9H2,1-3H3/t11-/m1/s1. The minimum absolute atomic E-state index is 0.00674. The van der Waals surface area contributed by atoms with Gasteiger partial charge >= 0.3 is 6.18 Å². The highest BCUT2D eigenvalue weighted by Gasteiger charge is 2.32. The number of alkyl halides is 3. The van der Waals surface area contributed by atoms with Gasteiger partial charge in [-0.25, -0.2) is 9.37 Å². The molecule has 0 spiro atoms. The van der Waals surface area contributed by atoms with E-state index in [4.69, 9.17) is 0 Å². The molecule has 2 aromatic heterocycles. The summed E-state index contributed by atoms with van der Waals surface area (Å²) in [5.74, 6) is -0.166. The van der Waals surface area contributed by atoms with Gasteiger partial charge in [-0.15, -0.1) is 0 Å². The molecule has 24 heavy (non-hydrogen) atoms. The van der Waals surface area contributed by atoms with Crippen molar-refractivity contribution in [2.24, 2.45) is 5.92 Å². The molecule has 2 aromatic rings. The second kappa shape index (κ2) is 7.25. The number of halogens is 4. The van der Waals surface area contributed by atoms with Gasteiger partial charge < -0.3 is 5.32 Å². The summed E-state index contributed by atoms with van der Waals surface area (Å²) in [6, 6.07) is 5.07. The van der Waals surface area contributed by atoms with Crippen LogP contribution < -0.4 is 5.32 Å². The molecule has 1 N–H and O–H groups in total. The Bertz CT molecular complexity index is 681. The highest BCUT2D eigenvalue weighted by molar-refractivity contribution is 5.58. The van der Waals surface area contributed by atoms with E-state index in [-0.39, 0.29) is 17.3 Å². The summed E-state index contributed by atoms with van der Waals surface area (Å²) in [5, 5.41) is 3.28. The minimum Gasteiger partial charge on any atom is -0.308 e. The lowest BCUT2D eigenvalue weighted by atomic mass is 10.1. The van der Waals surface area contributed by atoms with Crippen LogP contribution in [-0.2, 0) is 12.7 Å². The van der Waals surface area contributed by atoms with E-state index in [1.54, 1.807) is 6.07 Å². The number of pyridine rings is 2. The highest BCUT2D eigenvalue weighted by atomic mass is 19.4. The summed E-state index contributed by atoms with van der Waals surface area (Å²) < 4.78 is 51.6. The molecular formula is C17H19F4N3. The Morgan fingerprint density at radius 2 is 1.79 bits per heavy atom. The first-order chi connectivity index (χ1) is 11.2. The molecule has 0 saturated carbocycles. The molecule has 3 nitrogen and oxygen atoms in total. The molecule has 0 unspecified atom stereocenters. The van der Waals surface area contributed by atoms with Crippen molar-refractivity contribution >= 4 is 0 Å². The number of hydrogen-bond donors (Lipinski definition) is 1. The van der Waals surface area contributed by atoms with Gasteiger partial charge in [0, 0.05) is 24.3 Å². The molecule has 0 aromatic carbocycles. The van der Waals surface area contributed by atoms with Gasteiger partial charge in [0.05, 0.1) is 5.69 Å². The Balaban J connectivity index is 2.22. The first kappa shape index (κ1) is 18.3. The van der Waals surface area contributed by atoms with Crippen LogP contribution in [0.25, 0.3) is 11.3 Å². The lowest BCUT2D eigenvalue weighted by Gasteiger charge is -2.17. The van der Waals surface area contributed by atoms with Crippen LogP contribution >= 0.6 is 0 Å². The van der Waals surface area contributed by atoms with Crippen molar-refractivity contribution in [2.75, 3.05) is 0 Å². The Morgan fingerprint density at radius 3 is 2.33 bits per heavy atom. The van der Waals surface area contributed by atoms with Crippen molar-refractivity contribution in [2.45, 2.75) is 39.5 Å². The van der Waals surface area contributed by atoms with Gasteiger partial charge in [-0.1, -0.05) is 13.8 Å². The summed E-state index contributed by atoms with van der Waals surface area (Å²) in [6.45, 7) is 6.64. The average Bonchev–Trinajstić information content (AvgIpc) is 2.53. The van der Waals surface area contributed by atoms with Crippen molar-refractivity contribution in [1.29, 1.82) is 0 Å². The summed E-state index contributed by atoms with van der Waals surface area (Å²) in [4.78, 5) is 7.55.